The number of aromatic nitrogens is 2. The summed E-state index contributed by atoms with van der Waals surface area (Å²) < 4.78 is 24.1. The van der Waals surface area contributed by atoms with E-state index in [4.69, 9.17) is 8.94 Å². The van der Waals surface area contributed by atoms with Crippen LogP contribution >= 0.6 is 0 Å². The van der Waals surface area contributed by atoms with Gasteiger partial charge in [0.1, 0.15) is 23.7 Å². The molecule has 1 aliphatic heterocycles. The first-order valence-corrected chi connectivity index (χ1v) is 9.16. The Balaban J connectivity index is 1.40. The maximum atomic E-state index is 13.1. The number of para-hydroxylation sites is 1. The van der Waals surface area contributed by atoms with Crippen LogP contribution in [-0.2, 0) is 16.9 Å². The fourth-order valence-electron chi connectivity index (χ4n) is 3.41. The fraction of sp³-hybridized carbons (Fsp3) is 0.143. The van der Waals surface area contributed by atoms with Crippen LogP contribution in [0, 0.1) is 5.82 Å². The van der Waals surface area contributed by atoms with Gasteiger partial charge >= 0.3 is 6.03 Å². The second kappa shape index (κ2) is 6.51. The number of benzene rings is 2. The lowest BCUT2D eigenvalue weighted by Crippen LogP contribution is -2.40. The van der Waals surface area contributed by atoms with E-state index >= 15 is 0 Å². The van der Waals surface area contributed by atoms with Crippen LogP contribution in [0.4, 0.5) is 9.18 Å². The molecule has 3 amide bonds. The van der Waals surface area contributed by atoms with Gasteiger partial charge in [0.25, 0.3) is 5.91 Å². The number of halogens is 1. The summed E-state index contributed by atoms with van der Waals surface area (Å²) in [6.45, 7) is 1.39. The zero-order chi connectivity index (χ0) is 20.9. The molecule has 1 fully saturated rings. The summed E-state index contributed by atoms with van der Waals surface area (Å²) in [5.74, 6) is -0.231. The van der Waals surface area contributed by atoms with Gasteiger partial charge < -0.3 is 14.3 Å². The number of carbonyl (C=O) groups is 2. The second-order valence-electron chi connectivity index (χ2n) is 7.11. The first-order chi connectivity index (χ1) is 14.4. The lowest BCUT2D eigenvalue weighted by Gasteiger charge is -2.18. The summed E-state index contributed by atoms with van der Waals surface area (Å²) in [7, 11) is 0. The maximum Gasteiger partial charge on any atom is 0.325 e. The van der Waals surface area contributed by atoms with Gasteiger partial charge in [-0.1, -0.05) is 23.4 Å². The van der Waals surface area contributed by atoms with Crippen LogP contribution in [0.25, 0.3) is 22.4 Å². The van der Waals surface area contributed by atoms with Crippen molar-refractivity contribution >= 4 is 22.9 Å². The monoisotopic (exact) mass is 406 g/mol. The molecule has 0 bridgehead atoms. The molecule has 1 N–H and O–H groups in total. The number of hydrogen-bond acceptors (Lipinski definition) is 6. The molecular weight excluding hydrogens is 391 g/mol. The van der Waals surface area contributed by atoms with Gasteiger partial charge in [0.15, 0.2) is 5.54 Å². The van der Waals surface area contributed by atoms with Crippen LogP contribution in [0.3, 0.4) is 0 Å². The number of imide groups is 1. The molecule has 1 aliphatic rings. The van der Waals surface area contributed by atoms with E-state index in [2.05, 4.69) is 15.5 Å². The molecular formula is C21H15FN4O4. The van der Waals surface area contributed by atoms with E-state index in [9.17, 15) is 14.0 Å². The third kappa shape index (κ3) is 2.83. The SMILES string of the molecule is CC1(c2cc3ccccc3o2)NC(=O)N(Cc2nc(-c3ccc(F)cc3)no2)C1=O. The van der Waals surface area contributed by atoms with Gasteiger partial charge in [0.05, 0.1) is 0 Å². The van der Waals surface area contributed by atoms with Crippen molar-refractivity contribution in [1.29, 1.82) is 0 Å². The fourth-order valence-corrected chi connectivity index (χ4v) is 3.41. The predicted molar refractivity (Wildman–Crippen MR) is 102 cm³/mol. The molecule has 1 atom stereocenters. The molecule has 3 heterocycles. The zero-order valence-electron chi connectivity index (χ0n) is 15.8. The summed E-state index contributed by atoms with van der Waals surface area (Å²) in [5, 5.41) is 7.35. The van der Waals surface area contributed by atoms with E-state index in [0.717, 1.165) is 10.3 Å². The molecule has 1 saturated heterocycles. The van der Waals surface area contributed by atoms with Crippen LogP contribution in [0.1, 0.15) is 18.6 Å². The summed E-state index contributed by atoms with van der Waals surface area (Å²) >= 11 is 0. The van der Waals surface area contributed by atoms with Crippen LogP contribution in [0.5, 0.6) is 0 Å². The minimum atomic E-state index is -1.35. The molecule has 0 saturated carbocycles. The average Bonchev–Trinajstić information content (AvgIpc) is 3.43. The number of carbonyl (C=O) groups excluding carboxylic acids is 2. The summed E-state index contributed by atoms with van der Waals surface area (Å²) in [5.41, 5.74) is -0.179. The number of amides is 3. The lowest BCUT2D eigenvalue weighted by atomic mass is 9.99. The molecule has 8 nitrogen and oxygen atoms in total. The van der Waals surface area contributed by atoms with Crippen LogP contribution in [0.2, 0.25) is 0 Å². The highest BCUT2D eigenvalue weighted by atomic mass is 19.1. The number of rotatable bonds is 4. The van der Waals surface area contributed by atoms with Gasteiger partial charge in [-0.3, -0.25) is 9.69 Å². The number of hydrogen-bond donors (Lipinski definition) is 1. The van der Waals surface area contributed by atoms with Gasteiger partial charge in [-0.25, -0.2) is 9.18 Å². The molecule has 30 heavy (non-hydrogen) atoms. The molecule has 2 aromatic carbocycles. The van der Waals surface area contributed by atoms with E-state index in [-0.39, 0.29) is 24.1 Å². The van der Waals surface area contributed by atoms with Crippen molar-refractivity contribution in [2.75, 3.05) is 0 Å². The van der Waals surface area contributed by atoms with Crippen molar-refractivity contribution in [3.63, 3.8) is 0 Å². The second-order valence-corrected chi connectivity index (χ2v) is 7.11. The van der Waals surface area contributed by atoms with Crippen molar-refractivity contribution in [3.05, 3.63) is 72.1 Å². The zero-order valence-corrected chi connectivity index (χ0v) is 15.8. The van der Waals surface area contributed by atoms with E-state index in [1.807, 2.05) is 18.2 Å². The Bertz CT molecular complexity index is 1250. The van der Waals surface area contributed by atoms with Crippen LogP contribution in [-0.4, -0.2) is 27.0 Å². The Hall–Kier alpha value is -4.01. The Morgan fingerprint density at radius 3 is 2.67 bits per heavy atom. The third-order valence-electron chi connectivity index (χ3n) is 5.06. The average molecular weight is 406 g/mol. The number of urea groups is 1. The van der Waals surface area contributed by atoms with Crippen molar-refractivity contribution in [3.8, 4) is 11.4 Å². The van der Waals surface area contributed by atoms with E-state index in [1.54, 1.807) is 19.1 Å². The van der Waals surface area contributed by atoms with Gasteiger partial charge in [0.2, 0.25) is 11.7 Å². The predicted octanol–water partition coefficient (Wildman–Crippen LogP) is 3.59. The Labute approximate surface area is 169 Å². The topological polar surface area (TPSA) is 101 Å². The minimum Gasteiger partial charge on any atom is -0.458 e. The van der Waals surface area contributed by atoms with Gasteiger partial charge in [-0.2, -0.15) is 4.98 Å². The molecule has 9 heteroatoms. The molecule has 0 spiro atoms. The molecule has 150 valence electrons. The third-order valence-corrected chi connectivity index (χ3v) is 5.06. The molecule has 0 aliphatic carbocycles. The molecule has 2 aromatic heterocycles. The van der Waals surface area contributed by atoms with Crippen molar-refractivity contribution < 1.29 is 22.9 Å². The summed E-state index contributed by atoms with van der Waals surface area (Å²) in [6, 6.07) is 14.1. The van der Waals surface area contributed by atoms with Crippen molar-refractivity contribution in [1.82, 2.24) is 20.4 Å². The normalized spacial score (nSPS) is 18.9. The summed E-state index contributed by atoms with van der Waals surface area (Å²) in [6.07, 6.45) is 0. The summed E-state index contributed by atoms with van der Waals surface area (Å²) in [4.78, 5) is 30.8. The van der Waals surface area contributed by atoms with E-state index in [0.29, 0.717) is 16.9 Å². The first-order valence-electron chi connectivity index (χ1n) is 9.16. The molecule has 1 unspecified atom stereocenters. The Kier molecular flexibility index (Phi) is 3.92. The molecule has 5 rings (SSSR count). The van der Waals surface area contributed by atoms with E-state index < -0.39 is 17.5 Å². The Morgan fingerprint density at radius 1 is 1.13 bits per heavy atom. The largest absolute Gasteiger partial charge is 0.458 e. The standard InChI is InChI=1S/C21H15FN4O4/c1-21(16-10-13-4-2-3-5-15(13)29-16)19(27)26(20(28)24-21)11-17-23-18(25-30-17)12-6-8-14(22)9-7-12/h2-10H,11H2,1H3,(H,24,28). The lowest BCUT2D eigenvalue weighted by molar-refractivity contribution is -0.132. The van der Waals surface area contributed by atoms with Gasteiger partial charge in [0, 0.05) is 10.9 Å². The highest BCUT2D eigenvalue weighted by Gasteiger charge is 2.51. The number of nitrogens with one attached hydrogen (secondary N) is 1. The number of fused-ring (bicyclic) bond motifs is 1. The number of nitrogens with zero attached hydrogens (tertiary/aromatic N) is 3. The van der Waals surface area contributed by atoms with Crippen molar-refractivity contribution in [2.24, 2.45) is 0 Å². The van der Waals surface area contributed by atoms with Crippen LogP contribution < -0.4 is 5.32 Å². The van der Waals surface area contributed by atoms with Gasteiger partial charge in [-0.05, 0) is 43.3 Å². The Morgan fingerprint density at radius 2 is 1.90 bits per heavy atom. The van der Waals surface area contributed by atoms with Crippen molar-refractivity contribution in [2.45, 2.75) is 19.0 Å². The highest BCUT2D eigenvalue weighted by molar-refractivity contribution is 6.07. The molecule has 0 radical (unpaired) electrons. The quantitative estimate of drug-likeness (QED) is 0.520. The van der Waals surface area contributed by atoms with Crippen LogP contribution in [0.15, 0.2) is 63.5 Å². The smallest absolute Gasteiger partial charge is 0.325 e. The van der Waals surface area contributed by atoms with Gasteiger partial charge in [-0.15, -0.1) is 0 Å². The maximum absolute atomic E-state index is 13.1. The van der Waals surface area contributed by atoms with E-state index in [1.165, 1.54) is 24.3 Å². The highest BCUT2D eigenvalue weighted by Crippen LogP contribution is 2.33. The number of furan rings is 1. The minimum absolute atomic E-state index is 0.0756. The first kappa shape index (κ1) is 18.0. The molecule has 4 aromatic rings.